The molecule has 260 valence electrons. The Hall–Kier alpha value is -4.49. The van der Waals surface area contributed by atoms with Gasteiger partial charge in [0, 0.05) is 37.4 Å². The monoisotopic (exact) mass is 689 g/mol. The molecule has 0 aliphatic carbocycles. The standard InChI is InChI=1S/C35H43N7O6S/c1-24(44)22-42(23-25(2)45)14-18-49(46,47)31-12-10-27-19-30(11-9-28(27)20-31)40-41-33-26(3)32(21-36)34(37-13-16-48-17-15-43)39-35(33)38-29-7-5-4-6-8-29/h4-12,19-20,24-25,43-45H,13-18,22-23H2,1-3H3,(H2,37,38,39). The highest BCUT2D eigenvalue weighted by atomic mass is 32.2. The van der Waals surface area contributed by atoms with Gasteiger partial charge in [0.1, 0.15) is 17.6 Å². The second-order valence-electron chi connectivity index (χ2n) is 11.7. The second-order valence-corrected chi connectivity index (χ2v) is 13.8. The van der Waals surface area contributed by atoms with Gasteiger partial charge in [-0.2, -0.15) is 10.4 Å². The average molecular weight is 690 g/mol. The molecule has 49 heavy (non-hydrogen) atoms. The summed E-state index contributed by atoms with van der Waals surface area (Å²) in [5.74, 6) is 0.592. The Balaban J connectivity index is 1.59. The highest BCUT2D eigenvalue weighted by Crippen LogP contribution is 2.36. The molecule has 2 atom stereocenters. The molecular weight excluding hydrogens is 646 g/mol. The van der Waals surface area contributed by atoms with Gasteiger partial charge in [0.2, 0.25) is 0 Å². The molecule has 1 heterocycles. The summed E-state index contributed by atoms with van der Waals surface area (Å²) in [5.41, 5.74) is 2.53. The van der Waals surface area contributed by atoms with Crippen LogP contribution in [-0.4, -0.2) is 97.6 Å². The maximum absolute atomic E-state index is 13.2. The number of azo groups is 1. The lowest BCUT2D eigenvalue weighted by Crippen LogP contribution is -2.39. The van der Waals surface area contributed by atoms with Crippen molar-refractivity contribution in [1.82, 2.24) is 9.88 Å². The van der Waals surface area contributed by atoms with E-state index < -0.39 is 22.0 Å². The van der Waals surface area contributed by atoms with Gasteiger partial charge in [-0.3, -0.25) is 4.90 Å². The first-order chi connectivity index (χ1) is 23.5. The lowest BCUT2D eigenvalue weighted by molar-refractivity contribution is 0.0873. The number of ether oxygens (including phenoxy) is 1. The van der Waals surface area contributed by atoms with E-state index in [1.165, 1.54) is 0 Å². The molecule has 4 rings (SSSR count). The van der Waals surface area contributed by atoms with Crippen molar-refractivity contribution >= 4 is 49.3 Å². The van der Waals surface area contributed by atoms with Gasteiger partial charge in [-0.25, -0.2) is 13.4 Å². The summed E-state index contributed by atoms with van der Waals surface area (Å²) in [6, 6.07) is 21.8. The van der Waals surface area contributed by atoms with Crippen LogP contribution in [0.1, 0.15) is 25.0 Å². The van der Waals surface area contributed by atoms with Gasteiger partial charge in [-0.05, 0) is 67.9 Å². The van der Waals surface area contributed by atoms with Crippen molar-refractivity contribution in [2.75, 3.05) is 62.4 Å². The van der Waals surface area contributed by atoms with Gasteiger partial charge in [0.15, 0.2) is 15.7 Å². The van der Waals surface area contributed by atoms with Crippen molar-refractivity contribution in [2.45, 2.75) is 37.9 Å². The highest BCUT2D eigenvalue weighted by Gasteiger charge is 2.20. The van der Waals surface area contributed by atoms with Gasteiger partial charge in [0.25, 0.3) is 0 Å². The Labute approximate surface area is 286 Å². The van der Waals surface area contributed by atoms with Crippen molar-refractivity contribution in [3.8, 4) is 6.07 Å². The van der Waals surface area contributed by atoms with Crippen LogP contribution >= 0.6 is 0 Å². The molecule has 0 amide bonds. The minimum atomic E-state index is -3.64. The number of hydrogen-bond acceptors (Lipinski definition) is 13. The minimum Gasteiger partial charge on any atom is -0.394 e. The molecule has 0 saturated carbocycles. The summed E-state index contributed by atoms with van der Waals surface area (Å²) < 4.78 is 31.7. The van der Waals surface area contributed by atoms with E-state index in [4.69, 9.17) is 9.84 Å². The van der Waals surface area contributed by atoms with Crippen molar-refractivity contribution in [3.05, 3.63) is 77.9 Å². The lowest BCUT2D eigenvalue weighted by Gasteiger charge is -2.24. The number of benzene rings is 3. The van der Waals surface area contributed by atoms with Crippen LogP contribution in [0.2, 0.25) is 0 Å². The number of nitrogens with zero attached hydrogens (tertiary/aromatic N) is 5. The van der Waals surface area contributed by atoms with E-state index in [1.807, 2.05) is 30.3 Å². The third-order valence-electron chi connectivity index (χ3n) is 7.48. The zero-order chi connectivity index (χ0) is 35.4. The summed E-state index contributed by atoms with van der Waals surface area (Å²) in [7, 11) is -3.64. The third kappa shape index (κ3) is 10.8. The van der Waals surface area contributed by atoms with Crippen LogP contribution in [0.15, 0.2) is 81.9 Å². The largest absolute Gasteiger partial charge is 0.394 e. The van der Waals surface area contributed by atoms with Gasteiger partial charge >= 0.3 is 0 Å². The van der Waals surface area contributed by atoms with Crippen LogP contribution in [0.3, 0.4) is 0 Å². The summed E-state index contributed by atoms with van der Waals surface area (Å²) in [5, 5.41) is 55.4. The maximum atomic E-state index is 13.2. The molecule has 0 aliphatic rings. The van der Waals surface area contributed by atoms with Crippen LogP contribution in [0, 0.1) is 18.3 Å². The molecule has 0 fully saturated rings. The first kappa shape index (κ1) is 37.3. The minimum absolute atomic E-state index is 0.0801. The van der Waals surface area contributed by atoms with Gasteiger partial charge in [0.05, 0.1) is 53.9 Å². The van der Waals surface area contributed by atoms with Crippen molar-refractivity contribution < 1.29 is 28.5 Å². The molecule has 1 aromatic heterocycles. The Kier molecular flexibility index (Phi) is 13.5. The maximum Gasteiger partial charge on any atom is 0.179 e. The number of para-hydroxylation sites is 1. The third-order valence-corrected chi connectivity index (χ3v) is 9.17. The lowest BCUT2D eigenvalue weighted by atomic mass is 10.1. The summed E-state index contributed by atoms with van der Waals surface area (Å²) in [6.45, 7) is 6.53. The topological polar surface area (TPSA) is 193 Å². The number of nitrogens with one attached hydrogen (secondary N) is 2. The summed E-state index contributed by atoms with van der Waals surface area (Å²) in [6.07, 6.45) is -1.31. The van der Waals surface area contributed by atoms with Crippen LogP contribution in [-0.2, 0) is 14.6 Å². The van der Waals surface area contributed by atoms with Gasteiger partial charge in [-0.1, -0.05) is 30.3 Å². The van der Waals surface area contributed by atoms with Crippen LogP contribution < -0.4 is 10.6 Å². The summed E-state index contributed by atoms with van der Waals surface area (Å²) in [4.78, 5) is 6.60. The molecular formula is C35H43N7O6S. The first-order valence-corrected chi connectivity index (χ1v) is 17.6. The smallest absolute Gasteiger partial charge is 0.179 e. The molecule has 2 unspecified atom stereocenters. The zero-order valence-electron chi connectivity index (χ0n) is 27.9. The predicted molar refractivity (Wildman–Crippen MR) is 190 cm³/mol. The Morgan fingerprint density at radius 1 is 0.959 bits per heavy atom. The average Bonchev–Trinajstić information content (AvgIpc) is 3.06. The number of sulfone groups is 1. The normalized spacial score (nSPS) is 13.1. The highest BCUT2D eigenvalue weighted by molar-refractivity contribution is 7.91. The number of aliphatic hydroxyl groups excluding tert-OH is 3. The molecule has 3 aromatic carbocycles. The Morgan fingerprint density at radius 2 is 1.65 bits per heavy atom. The Bertz CT molecular complexity index is 1870. The predicted octanol–water partition coefficient (Wildman–Crippen LogP) is 4.83. The molecule has 0 spiro atoms. The van der Waals surface area contributed by atoms with Gasteiger partial charge in [-0.15, -0.1) is 5.11 Å². The van der Waals surface area contributed by atoms with E-state index >= 15 is 0 Å². The van der Waals surface area contributed by atoms with Gasteiger partial charge < -0.3 is 30.7 Å². The number of fused-ring (bicyclic) bond motifs is 1. The molecule has 0 radical (unpaired) electrons. The number of aliphatic hydroxyl groups is 3. The second kappa shape index (κ2) is 17.8. The number of nitriles is 1. The van der Waals surface area contributed by atoms with E-state index in [1.54, 1.807) is 62.1 Å². The summed E-state index contributed by atoms with van der Waals surface area (Å²) >= 11 is 0. The number of anilines is 3. The first-order valence-electron chi connectivity index (χ1n) is 16.0. The molecule has 0 saturated heterocycles. The van der Waals surface area contributed by atoms with E-state index in [0.29, 0.717) is 52.7 Å². The Morgan fingerprint density at radius 3 is 2.33 bits per heavy atom. The number of hydrogen-bond donors (Lipinski definition) is 5. The molecule has 4 aromatic rings. The number of aromatic nitrogens is 1. The van der Waals surface area contributed by atoms with Crippen molar-refractivity contribution in [3.63, 3.8) is 0 Å². The van der Waals surface area contributed by atoms with Crippen LogP contribution in [0.4, 0.5) is 28.7 Å². The quantitative estimate of drug-likeness (QED) is 0.0710. The molecule has 0 bridgehead atoms. The van der Waals surface area contributed by atoms with E-state index in [0.717, 1.165) is 11.1 Å². The van der Waals surface area contributed by atoms with E-state index in [-0.39, 0.29) is 43.5 Å². The fraction of sp³-hybridized carbons (Fsp3) is 0.371. The van der Waals surface area contributed by atoms with Crippen molar-refractivity contribution in [1.29, 1.82) is 5.26 Å². The fourth-order valence-electron chi connectivity index (χ4n) is 5.18. The fourth-order valence-corrected chi connectivity index (χ4v) is 6.50. The zero-order valence-corrected chi connectivity index (χ0v) is 28.7. The molecule has 0 aliphatic heterocycles. The number of rotatable bonds is 18. The van der Waals surface area contributed by atoms with E-state index in [2.05, 4.69) is 31.9 Å². The SMILES string of the molecule is Cc1c(C#N)c(NCCOCCO)nc(Nc2ccccc2)c1N=Nc1ccc2cc(S(=O)(=O)CCN(CC(C)O)CC(C)O)ccc2c1. The molecule has 5 N–H and O–H groups in total. The number of pyridine rings is 1. The van der Waals surface area contributed by atoms with Crippen molar-refractivity contribution in [2.24, 2.45) is 10.2 Å². The molecule has 14 heteroatoms. The van der Waals surface area contributed by atoms with E-state index in [9.17, 15) is 23.9 Å². The molecule has 13 nitrogen and oxygen atoms in total. The van der Waals surface area contributed by atoms with Crippen LogP contribution in [0.5, 0.6) is 0 Å². The van der Waals surface area contributed by atoms with Crippen LogP contribution in [0.25, 0.3) is 10.8 Å².